The molecule has 0 heterocycles. The van der Waals surface area contributed by atoms with Gasteiger partial charge in [0, 0.05) is 6.08 Å². The Hall–Kier alpha value is -1.32. The molecule has 0 amide bonds. The standard InChI is InChI=1S/C14H22O4/c1-4-5-6-9-18-11(15)8-7-10-12(13(16)17)14(10,2)3/h7-8,10,12H,4-6,9H2,1-3H3,(H,16,17)/t10-,12-/m0/s1. The van der Waals surface area contributed by atoms with E-state index in [-0.39, 0.29) is 23.2 Å². The first kappa shape index (κ1) is 14.7. The summed E-state index contributed by atoms with van der Waals surface area (Å²) in [5.41, 5.74) is -0.259. The topological polar surface area (TPSA) is 63.6 Å². The Morgan fingerprint density at radius 2 is 2.00 bits per heavy atom. The zero-order chi connectivity index (χ0) is 13.8. The van der Waals surface area contributed by atoms with Crippen LogP contribution in [0.25, 0.3) is 0 Å². The lowest BCUT2D eigenvalue weighted by atomic mass is 10.1. The smallest absolute Gasteiger partial charge is 0.330 e. The summed E-state index contributed by atoms with van der Waals surface area (Å²) in [5, 5.41) is 8.97. The highest BCUT2D eigenvalue weighted by Crippen LogP contribution is 2.58. The van der Waals surface area contributed by atoms with Gasteiger partial charge in [-0.2, -0.15) is 0 Å². The van der Waals surface area contributed by atoms with Gasteiger partial charge in [0.1, 0.15) is 0 Å². The number of carbonyl (C=O) groups is 2. The highest BCUT2D eigenvalue weighted by Gasteiger charge is 2.60. The minimum absolute atomic E-state index is 0.0711. The number of carboxylic acid groups (broad SMARTS) is 1. The van der Waals surface area contributed by atoms with E-state index in [4.69, 9.17) is 9.84 Å². The second-order valence-corrected chi connectivity index (χ2v) is 5.40. The summed E-state index contributed by atoms with van der Waals surface area (Å²) in [5.74, 6) is -1.64. The number of unbranched alkanes of at least 4 members (excludes halogenated alkanes) is 2. The largest absolute Gasteiger partial charge is 0.481 e. The molecule has 1 rings (SSSR count). The Labute approximate surface area is 108 Å². The molecule has 0 aromatic rings. The molecule has 1 fully saturated rings. The fraction of sp³-hybridized carbons (Fsp3) is 0.714. The van der Waals surface area contributed by atoms with Crippen molar-refractivity contribution in [1.29, 1.82) is 0 Å². The van der Waals surface area contributed by atoms with E-state index in [1.54, 1.807) is 6.08 Å². The number of ether oxygens (including phenoxy) is 1. The van der Waals surface area contributed by atoms with Gasteiger partial charge in [-0.05, 0) is 17.8 Å². The van der Waals surface area contributed by atoms with Crippen molar-refractivity contribution in [2.24, 2.45) is 17.3 Å². The third-order valence-electron chi connectivity index (χ3n) is 3.61. The van der Waals surface area contributed by atoms with Gasteiger partial charge in [0.05, 0.1) is 12.5 Å². The molecule has 4 nitrogen and oxygen atoms in total. The van der Waals surface area contributed by atoms with Crippen LogP contribution in [0, 0.1) is 17.3 Å². The second-order valence-electron chi connectivity index (χ2n) is 5.40. The minimum atomic E-state index is -0.800. The molecule has 4 heteroatoms. The van der Waals surface area contributed by atoms with Crippen LogP contribution in [0.2, 0.25) is 0 Å². The minimum Gasteiger partial charge on any atom is -0.481 e. The normalized spacial score (nSPS) is 25.1. The molecule has 0 saturated heterocycles. The van der Waals surface area contributed by atoms with E-state index in [0.29, 0.717) is 6.61 Å². The van der Waals surface area contributed by atoms with Crippen LogP contribution in [-0.2, 0) is 14.3 Å². The average molecular weight is 254 g/mol. The van der Waals surface area contributed by atoms with E-state index >= 15 is 0 Å². The number of hydrogen-bond donors (Lipinski definition) is 1. The molecule has 0 unspecified atom stereocenters. The lowest BCUT2D eigenvalue weighted by Crippen LogP contribution is -2.03. The van der Waals surface area contributed by atoms with Gasteiger partial charge in [0.15, 0.2) is 0 Å². The summed E-state index contributed by atoms with van der Waals surface area (Å²) in [6.45, 7) is 6.32. The zero-order valence-corrected chi connectivity index (χ0v) is 11.3. The molecule has 2 atom stereocenters. The number of aliphatic carboxylic acids is 1. The van der Waals surface area contributed by atoms with Crippen molar-refractivity contribution >= 4 is 11.9 Å². The molecule has 102 valence electrons. The van der Waals surface area contributed by atoms with Gasteiger partial charge in [0.2, 0.25) is 0 Å². The fourth-order valence-electron chi connectivity index (χ4n) is 2.26. The molecule has 0 aliphatic heterocycles. The molecule has 0 bridgehead atoms. The Kier molecular flexibility index (Phi) is 4.93. The maximum Gasteiger partial charge on any atom is 0.330 e. The third kappa shape index (κ3) is 3.59. The van der Waals surface area contributed by atoms with E-state index in [0.717, 1.165) is 19.3 Å². The summed E-state index contributed by atoms with van der Waals surface area (Å²) in [6.07, 6.45) is 6.04. The molecule has 0 spiro atoms. The Balaban J connectivity index is 2.33. The number of allylic oxidation sites excluding steroid dienone is 1. The van der Waals surface area contributed by atoms with Crippen molar-refractivity contribution in [3.8, 4) is 0 Å². The van der Waals surface area contributed by atoms with E-state index in [1.165, 1.54) is 6.08 Å². The van der Waals surface area contributed by atoms with Crippen LogP contribution in [0.15, 0.2) is 12.2 Å². The third-order valence-corrected chi connectivity index (χ3v) is 3.61. The van der Waals surface area contributed by atoms with Crippen LogP contribution in [0.3, 0.4) is 0 Å². The molecule has 0 radical (unpaired) electrons. The monoisotopic (exact) mass is 254 g/mol. The number of esters is 1. The summed E-state index contributed by atoms with van der Waals surface area (Å²) in [4.78, 5) is 22.3. The molecular weight excluding hydrogens is 232 g/mol. The molecule has 1 saturated carbocycles. The van der Waals surface area contributed by atoms with Crippen molar-refractivity contribution in [1.82, 2.24) is 0 Å². The number of hydrogen-bond acceptors (Lipinski definition) is 3. The highest BCUT2D eigenvalue weighted by molar-refractivity contribution is 5.83. The Morgan fingerprint density at radius 1 is 1.33 bits per heavy atom. The summed E-state index contributed by atoms with van der Waals surface area (Å²) >= 11 is 0. The first-order chi connectivity index (χ1) is 8.41. The van der Waals surface area contributed by atoms with Crippen LogP contribution in [0.1, 0.15) is 40.0 Å². The van der Waals surface area contributed by atoms with Crippen molar-refractivity contribution in [3.63, 3.8) is 0 Å². The van der Waals surface area contributed by atoms with E-state index in [9.17, 15) is 9.59 Å². The predicted octanol–water partition coefficient (Wildman–Crippen LogP) is 2.63. The fourth-order valence-corrected chi connectivity index (χ4v) is 2.26. The molecular formula is C14H22O4. The maximum absolute atomic E-state index is 11.4. The van der Waals surface area contributed by atoms with Crippen molar-refractivity contribution in [2.45, 2.75) is 40.0 Å². The molecule has 18 heavy (non-hydrogen) atoms. The molecule has 1 aliphatic carbocycles. The van der Waals surface area contributed by atoms with Crippen LogP contribution < -0.4 is 0 Å². The number of carbonyl (C=O) groups excluding carboxylic acids is 1. The van der Waals surface area contributed by atoms with Crippen LogP contribution >= 0.6 is 0 Å². The van der Waals surface area contributed by atoms with Gasteiger partial charge < -0.3 is 9.84 Å². The van der Waals surface area contributed by atoms with Gasteiger partial charge in [-0.15, -0.1) is 0 Å². The second kappa shape index (κ2) is 6.03. The maximum atomic E-state index is 11.4. The van der Waals surface area contributed by atoms with Gasteiger partial charge in [-0.25, -0.2) is 4.79 Å². The average Bonchev–Trinajstić information content (AvgIpc) is 2.84. The zero-order valence-electron chi connectivity index (χ0n) is 11.3. The SMILES string of the molecule is CCCCCOC(=O)C=C[C@H]1[C@@H](C(=O)O)C1(C)C. The first-order valence-corrected chi connectivity index (χ1v) is 6.49. The van der Waals surface area contributed by atoms with Crippen LogP contribution in [0.5, 0.6) is 0 Å². The summed E-state index contributed by atoms with van der Waals surface area (Å²) in [6, 6.07) is 0. The first-order valence-electron chi connectivity index (χ1n) is 6.49. The highest BCUT2D eigenvalue weighted by atomic mass is 16.5. The Bertz CT molecular complexity index is 344. The molecule has 0 aromatic carbocycles. The number of rotatable bonds is 7. The molecule has 1 aliphatic rings. The summed E-state index contributed by atoms with van der Waals surface area (Å²) < 4.78 is 5.01. The van der Waals surface area contributed by atoms with Gasteiger partial charge in [0.25, 0.3) is 0 Å². The molecule has 1 N–H and O–H groups in total. The summed E-state index contributed by atoms with van der Waals surface area (Å²) in [7, 11) is 0. The van der Waals surface area contributed by atoms with Crippen molar-refractivity contribution < 1.29 is 19.4 Å². The van der Waals surface area contributed by atoms with Crippen LogP contribution in [0.4, 0.5) is 0 Å². The van der Waals surface area contributed by atoms with Gasteiger partial charge in [-0.1, -0.05) is 39.7 Å². The lowest BCUT2D eigenvalue weighted by molar-refractivity contribution is -0.140. The van der Waals surface area contributed by atoms with Crippen molar-refractivity contribution in [2.75, 3.05) is 6.61 Å². The van der Waals surface area contributed by atoms with Gasteiger partial charge in [-0.3, -0.25) is 4.79 Å². The Morgan fingerprint density at radius 3 is 2.50 bits per heavy atom. The van der Waals surface area contributed by atoms with E-state index in [1.807, 2.05) is 13.8 Å². The van der Waals surface area contributed by atoms with Crippen LogP contribution in [-0.4, -0.2) is 23.7 Å². The predicted molar refractivity (Wildman–Crippen MR) is 68.0 cm³/mol. The molecule has 0 aromatic heterocycles. The van der Waals surface area contributed by atoms with E-state index < -0.39 is 5.97 Å². The van der Waals surface area contributed by atoms with E-state index in [2.05, 4.69) is 6.92 Å². The quantitative estimate of drug-likeness (QED) is 0.431. The van der Waals surface area contributed by atoms with Crippen molar-refractivity contribution in [3.05, 3.63) is 12.2 Å². The number of carboxylic acids is 1. The van der Waals surface area contributed by atoms with Gasteiger partial charge >= 0.3 is 11.9 Å². The lowest BCUT2D eigenvalue weighted by Gasteiger charge is -2.00.